The molecule has 0 saturated heterocycles. The van der Waals surface area contributed by atoms with Crippen LogP contribution in [0.15, 0.2) is 54.6 Å². The van der Waals surface area contributed by atoms with E-state index in [-0.39, 0.29) is 0 Å². The van der Waals surface area contributed by atoms with Gasteiger partial charge in [0.05, 0.1) is 0 Å². The van der Waals surface area contributed by atoms with Crippen LogP contribution in [0.1, 0.15) is 5.56 Å². The summed E-state index contributed by atoms with van der Waals surface area (Å²) in [5, 5.41) is 7.90. The van der Waals surface area contributed by atoms with E-state index < -0.39 is 0 Å². The molecule has 0 bridgehead atoms. The third-order valence-electron chi connectivity index (χ3n) is 3.81. The minimum absolute atomic E-state index is 0.587. The van der Waals surface area contributed by atoms with Crippen molar-refractivity contribution in [1.82, 2.24) is 0 Å². The molecule has 0 amide bonds. The molecule has 0 aliphatic carbocycles. The van der Waals surface area contributed by atoms with Gasteiger partial charge in [0.1, 0.15) is 0 Å². The Labute approximate surface area is 105 Å². The summed E-state index contributed by atoms with van der Waals surface area (Å²) in [5.41, 5.74) is 7.12. The van der Waals surface area contributed by atoms with E-state index in [1.807, 2.05) is 0 Å². The third kappa shape index (κ3) is 1.14. The number of hydrogen-bond acceptors (Lipinski definition) is 1. The maximum atomic E-state index is 5.90. The number of nitrogens with two attached hydrogens (primary N) is 1. The van der Waals surface area contributed by atoms with Gasteiger partial charge in [0.15, 0.2) is 0 Å². The van der Waals surface area contributed by atoms with E-state index in [4.69, 9.17) is 5.73 Å². The molecule has 86 valence electrons. The molecule has 0 spiro atoms. The van der Waals surface area contributed by atoms with Gasteiger partial charge in [0.2, 0.25) is 0 Å². The quantitative estimate of drug-likeness (QED) is 0.491. The van der Waals surface area contributed by atoms with Crippen LogP contribution in [0, 0.1) is 0 Å². The van der Waals surface area contributed by atoms with Crippen molar-refractivity contribution < 1.29 is 0 Å². The van der Waals surface area contributed by atoms with Crippen molar-refractivity contribution in [3.05, 3.63) is 60.2 Å². The Morgan fingerprint density at radius 2 is 1.39 bits per heavy atom. The monoisotopic (exact) mass is 231 g/mol. The zero-order valence-corrected chi connectivity index (χ0v) is 9.98. The van der Waals surface area contributed by atoms with Gasteiger partial charge in [-0.1, -0.05) is 48.5 Å². The minimum Gasteiger partial charge on any atom is -0.326 e. The molecule has 0 heterocycles. The molecule has 4 aromatic carbocycles. The van der Waals surface area contributed by atoms with Crippen LogP contribution in [0.3, 0.4) is 0 Å². The van der Waals surface area contributed by atoms with Crippen molar-refractivity contribution in [2.24, 2.45) is 5.73 Å². The second-order valence-corrected chi connectivity index (χ2v) is 4.79. The summed E-state index contributed by atoms with van der Waals surface area (Å²) in [5.74, 6) is 0. The highest BCUT2D eigenvalue weighted by molar-refractivity contribution is 6.23. The van der Waals surface area contributed by atoms with Gasteiger partial charge in [-0.2, -0.15) is 0 Å². The Hall–Kier alpha value is -2.12. The third-order valence-corrected chi connectivity index (χ3v) is 3.81. The number of benzene rings is 4. The number of rotatable bonds is 1. The largest absolute Gasteiger partial charge is 0.326 e. The van der Waals surface area contributed by atoms with E-state index in [9.17, 15) is 0 Å². The lowest BCUT2D eigenvalue weighted by molar-refractivity contribution is 1.09. The molecule has 4 rings (SSSR count). The predicted octanol–water partition coefficient (Wildman–Crippen LogP) is 4.04. The Morgan fingerprint density at radius 1 is 0.722 bits per heavy atom. The SMILES string of the molecule is NCc1cc2cccc3ccc4cccc1c4c32. The summed E-state index contributed by atoms with van der Waals surface area (Å²) in [6.45, 7) is 0.587. The summed E-state index contributed by atoms with van der Waals surface area (Å²) in [6.07, 6.45) is 0. The van der Waals surface area contributed by atoms with Crippen molar-refractivity contribution in [2.75, 3.05) is 0 Å². The molecule has 1 heteroatoms. The van der Waals surface area contributed by atoms with Gasteiger partial charge in [-0.3, -0.25) is 0 Å². The number of hydrogen-bond donors (Lipinski definition) is 1. The van der Waals surface area contributed by atoms with E-state index in [1.54, 1.807) is 0 Å². The fourth-order valence-corrected chi connectivity index (χ4v) is 3.01. The van der Waals surface area contributed by atoms with E-state index >= 15 is 0 Å². The molecule has 4 aromatic rings. The molecule has 1 nitrogen and oxygen atoms in total. The normalized spacial score (nSPS) is 11.8. The van der Waals surface area contributed by atoms with Crippen LogP contribution in [0.5, 0.6) is 0 Å². The molecule has 0 atom stereocenters. The molecule has 0 fully saturated rings. The van der Waals surface area contributed by atoms with Crippen LogP contribution in [0.4, 0.5) is 0 Å². The summed E-state index contributed by atoms with van der Waals surface area (Å²) in [4.78, 5) is 0. The maximum absolute atomic E-state index is 5.90. The van der Waals surface area contributed by atoms with Gasteiger partial charge < -0.3 is 5.73 Å². The zero-order chi connectivity index (χ0) is 12.1. The van der Waals surface area contributed by atoms with E-state index in [1.165, 1.54) is 37.9 Å². The van der Waals surface area contributed by atoms with E-state index in [2.05, 4.69) is 54.6 Å². The lowest BCUT2D eigenvalue weighted by Crippen LogP contribution is -1.98. The lowest BCUT2D eigenvalue weighted by Gasteiger charge is -2.13. The highest BCUT2D eigenvalue weighted by atomic mass is 14.5. The predicted molar refractivity (Wildman–Crippen MR) is 78.0 cm³/mol. The lowest BCUT2D eigenvalue weighted by atomic mass is 9.91. The van der Waals surface area contributed by atoms with Gasteiger partial charge in [0, 0.05) is 6.54 Å². The van der Waals surface area contributed by atoms with Crippen LogP contribution in [-0.2, 0) is 6.54 Å². The van der Waals surface area contributed by atoms with Gasteiger partial charge in [-0.15, -0.1) is 0 Å². The molecule has 0 aliphatic rings. The first kappa shape index (κ1) is 9.86. The van der Waals surface area contributed by atoms with Crippen molar-refractivity contribution in [1.29, 1.82) is 0 Å². The summed E-state index contributed by atoms with van der Waals surface area (Å²) >= 11 is 0. The minimum atomic E-state index is 0.587. The van der Waals surface area contributed by atoms with Crippen LogP contribution in [0.2, 0.25) is 0 Å². The van der Waals surface area contributed by atoms with Crippen molar-refractivity contribution in [2.45, 2.75) is 6.54 Å². The Balaban J connectivity index is 2.43. The molecule has 2 N–H and O–H groups in total. The van der Waals surface area contributed by atoms with Crippen LogP contribution >= 0.6 is 0 Å². The first-order valence-electron chi connectivity index (χ1n) is 6.24. The standard InChI is InChI=1S/C17H13N/c18-10-14-9-13-5-1-3-11-7-8-12-4-2-6-15(14)17(12)16(11)13/h1-9H,10,18H2. The van der Waals surface area contributed by atoms with Gasteiger partial charge >= 0.3 is 0 Å². The van der Waals surface area contributed by atoms with Crippen molar-refractivity contribution >= 4 is 32.3 Å². The zero-order valence-electron chi connectivity index (χ0n) is 9.98. The van der Waals surface area contributed by atoms with Crippen LogP contribution in [0.25, 0.3) is 32.3 Å². The molecule has 0 aromatic heterocycles. The van der Waals surface area contributed by atoms with Crippen molar-refractivity contribution in [3.63, 3.8) is 0 Å². The maximum Gasteiger partial charge on any atom is 0.0184 e. The van der Waals surface area contributed by atoms with Gasteiger partial charge in [0.25, 0.3) is 0 Å². The summed E-state index contributed by atoms with van der Waals surface area (Å²) in [7, 11) is 0. The molecule has 18 heavy (non-hydrogen) atoms. The first-order valence-corrected chi connectivity index (χ1v) is 6.24. The first-order chi connectivity index (χ1) is 8.88. The highest BCUT2D eigenvalue weighted by Gasteiger charge is 2.10. The van der Waals surface area contributed by atoms with Crippen LogP contribution < -0.4 is 5.73 Å². The second-order valence-electron chi connectivity index (χ2n) is 4.79. The molecular formula is C17H13N. The van der Waals surface area contributed by atoms with E-state index in [0.29, 0.717) is 6.54 Å². The second kappa shape index (κ2) is 3.44. The average Bonchev–Trinajstić information content (AvgIpc) is 2.44. The molecule has 0 aliphatic heterocycles. The summed E-state index contributed by atoms with van der Waals surface area (Å²) < 4.78 is 0. The fourth-order valence-electron chi connectivity index (χ4n) is 3.01. The molecule has 0 unspecified atom stereocenters. The average molecular weight is 231 g/mol. The van der Waals surface area contributed by atoms with Gasteiger partial charge in [-0.25, -0.2) is 0 Å². The Morgan fingerprint density at radius 3 is 2.17 bits per heavy atom. The topological polar surface area (TPSA) is 26.0 Å². The summed E-state index contributed by atoms with van der Waals surface area (Å²) in [6, 6.07) is 19.6. The fraction of sp³-hybridized carbons (Fsp3) is 0.0588. The van der Waals surface area contributed by atoms with E-state index in [0.717, 1.165) is 0 Å². The highest BCUT2D eigenvalue weighted by Crippen LogP contribution is 2.36. The van der Waals surface area contributed by atoms with Crippen molar-refractivity contribution in [3.8, 4) is 0 Å². The Bertz CT molecular complexity index is 861. The smallest absolute Gasteiger partial charge is 0.0184 e. The molecule has 0 radical (unpaired) electrons. The molecule has 0 saturated carbocycles. The Kier molecular flexibility index (Phi) is 1.88. The van der Waals surface area contributed by atoms with Gasteiger partial charge in [-0.05, 0) is 43.9 Å². The van der Waals surface area contributed by atoms with Crippen LogP contribution in [-0.4, -0.2) is 0 Å². The molecular weight excluding hydrogens is 218 g/mol.